The number of hydrogen-bond acceptors (Lipinski definition) is 23. The number of carboxylic acids is 1. The predicted octanol–water partition coefficient (Wildman–Crippen LogP) is 2.02. The SMILES string of the molecule is O=C(O)CCCNC(=O)[C@H](NC(=O)OCc1ccccc1)[C@@H](NC(=O)OCc1ccccc1)C(=O)NCCOCCOCCOCCOCCC(=O)NCCOCCOCCOCCOCCC(=O)NCCOCCOCCOCCOCCC(=O)OCc1ccccc1. The molecule has 0 spiro atoms. The molecule has 7 N–H and O–H groups in total. The zero-order chi connectivity index (χ0) is 67.4. The van der Waals surface area contributed by atoms with Gasteiger partial charge in [-0.3, -0.25) is 28.8 Å². The van der Waals surface area contributed by atoms with Crippen molar-refractivity contribution in [2.75, 3.05) is 185 Å². The molecule has 0 aliphatic rings. The average Bonchev–Trinajstić information content (AvgIpc) is 1.30. The quantitative estimate of drug-likeness (QED) is 0.0241. The summed E-state index contributed by atoms with van der Waals surface area (Å²) in [6.45, 7) is 7.85. The summed E-state index contributed by atoms with van der Waals surface area (Å²) in [5.74, 6) is -3.48. The molecule has 0 fully saturated rings. The van der Waals surface area contributed by atoms with E-state index in [9.17, 15) is 38.4 Å². The summed E-state index contributed by atoms with van der Waals surface area (Å²) in [5, 5.41) is 24.4. The molecule has 526 valence electrons. The van der Waals surface area contributed by atoms with Gasteiger partial charge in [0.1, 0.15) is 31.9 Å². The molecule has 0 aliphatic heterocycles. The van der Waals surface area contributed by atoms with Crippen LogP contribution in [-0.4, -0.2) is 250 Å². The molecular weight excluding hydrogens is 1240 g/mol. The maximum Gasteiger partial charge on any atom is 0.408 e. The van der Waals surface area contributed by atoms with Crippen molar-refractivity contribution >= 4 is 47.8 Å². The Kier molecular flexibility index (Phi) is 49.0. The van der Waals surface area contributed by atoms with Crippen molar-refractivity contribution < 1.29 is 115 Å². The molecule has 0 bridgehead atoms. The monoisotopic (exact) mass is 1330 g/mol. The molecule has 3 aromatic rings. The second-order valence-corrected chi connectivity index (χ2v) is 19.9. The lowest BCUT2D eigenvalue weighted by Crippen LogP contribution is -2.64. The Labute approximate surface area is 548 Å². The Morgan fingerprint density at radius 2 is 0.585 bits per heavy atom. The molecule has 0 heterocycles. The van der Waals surface area contributed by atoms with Crippen LogP contribution in [0.25, 0.3) is 0 Å². The fourth-order valence-electron chi connectivity index (χ4n) is 7.58. The molecule has 3 rings (SSSR count). The number of hydrogen-bond donors (Lipinski definition) is 7. The number of esters is 1. The molecule has 0 radical (unpaired) electrons. The second-order valence-electron chi connectivity index (χ2n) is 19.9. The van der Waals surface area contributed by atoms with Gasteiger partial charge in [-0.15, -0.1) is 0 Å². The molecule has 0 aromatic heterocycles. The number of carboxylic acid groups (broad SMARTS) is 1. The molecule has 2 atom stereocenters. The highest BCUT2D eigenvalue weighted by atomic mass is 16.6. The summed E-state index contributed by atoms with van der Waals surface area (Å²) in [4.78, 5) is 100. The van der Waals surface area contributed by atoms with Crippen LogP contribution in [0.3, 0.4) is 0 Å². The zero-order valence-corrected chi connectivity index (χ0v) is 53.6. The Morgan fingerprint density at radius 1 is 0.309 bits per heavy atom. The lowest BCUT2D eigenvalue weighted by Gasteiger charge is -2.27. The van der Waals surface area contributed by atoms with Crippen LogP contribution >= 0.6 is 0 Å². The summed E-state index contributed by atoms with van der Waals surface area (Å²) in [6, 6.07) is 23.5. The fraction of sp³-hybridized carbons (Fsp3) is 0.594. The van der Waals surface area contributed by atoms with Crippen LogP contribution in [0.4, 0.5) is 9.59 Å². The van der Waals surface area contributed by atoms with Gasteiger partial charge in [0.05, 0.1) is 165 Å². The van der Waals surface area contributed by atoms with Crippen LogP contribution in [-0.2, 0) is 120 Å². The van der Waals surface area contributed by atoms with Crippen molar-refractivity contribution in [3.05, 3.63) is 108 Å². The minimum Gasteiger partial charge on any atom is -0.481 e. The van der Waals surface area contributed by atoms with Crippen LogP contribution in [0.1, 0.15) is 48.8 Å². The largest absolute Gasteiger partial charge is 0.481 e. The average molecular weight is 1330 g/mol. The summed E-state index contributed by atoms with van der Waals surface area (Å²) in [6.07, 6.45) is -1.77. The topological polar surface area (TPSA) is 367 Å². The number of ether oxygens (including phenoxy) is 15. The minimum absolute atomic E-state index is 0.0125. The molecule has 0 saturated carbocycles. The maximum absolute atomic E-state index is 13.6. The number of carbonyl (C=O) groups is 8. The molecule has 30 heteroatoms. The number of amides is 6. The standard InChI is InChI=1S/C64H96N6O24/c71-55(66-23-29-84-35-41-90-48-45-88-39-33-82-27-20-58(75)92-49-52-11-4-1-5-12-52)18-25-80-31-37-86-43-46-89-40-34-83-28-22-65-56(72)19-26-81-32-38-87-44-47-91-42-36-85-30-24-68-62(77)60(70-64(79)94-51-54-15-8-3-9-16-54)59(61(76)67-21-10-17-57(73)74)69-63(78)93-50-53-13-6-2-7-14-53/h1-9,11-16,59-60H,10,17-51H2,(H,65,72)(H,66,71)(H,67,76)(H,68,77)(H,69,78)(H,70,79)(H,73,74)/t59-,60-/m1/s1. The van der Waals surface area contributed by atoms with Crippen molar-refractivity contribution in [3.8, 4) is 0 Å². The third kappa shape index (κ3) is 46.6. The summed E-state index contributed by atoms with van der Waals surface area (Å²) in [5.41, 5.74) is 2.23. The Hall–Kier alpha value is -7.46. The van der Waals surface area contributed by atoms with Gasteiger partial charge in [0.2, 0.25) is 23.6 Å². The van der Waals surface area contributed by atoms with Gasteiger partial charge in [-0.25, -0.2) is 9.59 Å². The number of carbonyl (C=O) groups excluding carboxylic acids is 7. The van der Waals surface area contributed by atoms with Crippen molar-refractivity contribution in [2.24, 2.45) is 0 Å². The van der Waals surface area contributed by atoms with Crippen molar-refractivity contribution in [1.29, 1.82) is 0 Å². The summed E-state index contributed by atoms with van der Waals surface area (Å²) < 4.78 is 81.6. The van der Waals surface area contributed by atoms with Gasteiger partial charge in [0, 0.05) is 45.4 Å². The summed E-state index contributed by atoms with van der Waals surface area (Å²) >= 11 is 0. The van der Waals surface area contributed by atoms with E-state index in [1.54, 1.807) is 60.7 Å². The van der Waals surface area contributed by atoms with E-state index in [1.807, 2.05) is 30.3 Å². The first kappa shape index (κ1) is 80.8. The molecule has 0 unspecified atom stereocenters. The van der Waals surface area contributed by atoms with E-state index >= 15 is 0 Å². The highest BCUT2D eigenvalue weighted by Crippen LogP contribution is 2.07. The van der Waals surface area contributed by atoms with E-state index in [-0.39, 0.29) is 149 Å². The highest BCUT2D eigenvalue weighted by molar-refractivity contribution is 5.96. The number of aliphatic carboxylic acids is 1. The van der Waals surface area contributed by atoms with Gasteiger partial charge in [0.25, 0.3) is 0 Å². The van der Waals surface area contributed by atoms with E-state index in [1.165, 1.54) is 0 Å². The van der Waals surface area contributed by atoms with Crippen LogP contribution in [0.5, 0.6) is 0 Å². The lowest BCUT2D eigenvalue weighted by molar-refractivity contribution is -0.146. The van der Waals surface area contributed by atoms with Gasteiger partial charge >= 0.3 is 24.1 Å². The Morgan fingerprint density at radius 3 is 0.915 bits per heavy atom. The summed E-state index contributed by atoms with van der Waals surface area (Å²) in [7, 11) is 0. The molecule has 0 aliphatic carbocycles. The van der Waals surface area contributed by atoms with Crippen molar-refractivity contribution in [2.45, 2.75) is 64.0 Å². The van der Waals surface area contributed by atoms with Gasteiger partial charge in [-0.2, -0.15) is 0 Å². The number of nitrogens with one attached hydrogen (secondary N) is 6. The van der Waals surface area contributed by atoms with E-state index in [2.05, 4.69) is 31.9 Å². The third-order valence-electron chi connectivity index (χ3n) is 12.4. The molecule has 0 saturated heterocycles. The smallest absolute Gasteiger partial charge is 0.408 e. The Balaban J connectivity index is 1.06. The third-order valence-corrected chi connectivity index (χ3v) is 12.4. The van der Waals surface area contributed by atoms with Crippen LogP contribution < -0.4 is 31.9 Å². The van der Waals surface area contributed by atoms with Gasteiger partial charge < -0.3 is 108 Å². The lowest BCUT2D eigenvalue weighted by atomic mass is 10.1. The van der Waals surface area contributed by atoms with Gasteiger partial charge in [-0.1, -0.05) is 91.0 Å². The number of rotatable bonds is 60. The first-order chi connectivity index (χ1) is 46.0. The van der Waals surface area contributed by atoms with Crippen molar-refractivity contribution in [1.82, 2.24) is 31.9 Å². The second kappa shape index (κ2) is 57.0. The first-order valence-electron chi connectivity index (χ1n) is 31.4. The van der Waals surface area contributed by atoms with Crippen molar-refractivity contribution in [3.63, 3.8) is 0 Å². The first-order valence-corrected chi connectivity index (χ1v) is 31.4. The van der Waals surface area contributed by atoms with Gasteiger partial charge in [-0.05, 0) is 23.1 Å². The highest BCUT2D eigenvalue weighted by Gasteiger charge is 2.37. The van der Waals surface area contributed by atoms with Crippen LogP contribution in [0.2, 0.25) is 0 Å². The van der Waals surface area contributed by atoms with E-state index in [4.69, 9.17) is 76.2 Å². The predicted molar refractivity (Wildman–Crippen MR) is 336 cm³/mol. The molecule has 30 nitrogen and oxygen atoms in total. The molecule has 3 aromatic carbocycles. The minimum atomic E-state index is -1.73. The molecule has 94 heavy (non-hydrogen) atoms. The van der Waals surface area contributed by atoms with Gasteiger partial charge in [0.15, 0.2) is 0 Å². The zero-order valence-electron chi connectivity index (χ0n) is 53.6. The maximum atomic E-state index is 13.6. The fourth-order valence-corrected chi connectivity index (χ4v) is 7.58. The van der Waals surface area contributed by atoms with E-state index < -0.39 is 42.1 Å². The number of benzene rings is 3. The van der Waals surface area contributed by atoms with Crippen LogP contribution in [0.15, 0.2) is 91.0 Å². The van der Waals surface area contributed by atoms with E-state index in [0.717, 1.165) is 5.56 Å². The molecule has 6 amide bonds. The number of alkyl carbamates (subject to hydrolysis) is 2. The normalized spacial score (nSPS) is 11.6. The Bertz CT molecular complexity index is 2460. The molecular formula is C64H96N6O24. The van der Waals surface area contributed by atoms with Crippen LogP contribution in [0, 0.1) is 0 Å². The van der Waals surface area contributed by atoms with E-state index in [0.29, 0.717) is 117 Å².